The number of aromatic nitrogens is 1. The molecule has 0 amide bonds. The molecule has 2 aromatic rings. The van der Waals surface area contributed by atoms with Crippen molar-refractivity contribution < 1.29 is 8.78 Å². The Labute approximate surface area is 92.1 Å². The van der Waals surface area contributed by atoms with Gasteiger partial charge in [0.25, 0.3) is 6.43 Å². The van der Waals surface area contributed by atoms with E-state index < -0.39 is 12.0 Å². The summed E-state index contributed by atoms with van der Waals surface area (Å²) in [7, 11) is 0. The van der Waals surface area contributed by atoms with Crippen LogP contribution < -0.4 is 5.56 Å². The number of halogens is 3. The maximum absolute atomic E-state index is 12.6. The number of fused-ring (bicyclic) bond motifs is 1. The first-order valence-electron chi connectivity index (χ1n) is 4.18. The zero-order chi connectivity index (χ0) is 11.0. The van der Waals surface area contributed by atoms with Crippen molar-refractivity contribution in [3.8, 4) is 0 Å². The Morgan fingerprint density at radius 2 is 2.00 bits per heavy atom. The molecule has 2 rings (SSSR count). The zero-order valence-corrected chi connectivity index (χ0v) is 9.01. The summed E-state index contributed by atoms with van der Waals surface area (Å²) in [4.78, 5) is 13.6. The fourth-order valence-electron chi connectivity index (χ4n) is 1.43. The Balaban J connectivity index is 2.88. The molecule has 0 spiro atoms. The number of hydrogen-bond acceptors (Lipinski definition) is 1. The maximum Gasteiger partial charge on any atom is 0.264 e. The molecule has 0 atom stereocenters. The number of alkyl halides is 2. The number of pyridine rings is 1. The highest BCUT2D eigenvalue weighted by molar-refractivity contribution is 9.10. The summed E-state index contributed by atoms with van der Waals surface area (Å²) >= 11 is 3.20. The lowest BCUT2D eigenvalue weighted by molar-refractivity contribution is 0.153. The van der Waals surface area contributed by atoms with E-state index in [1.54, 1.807) is 18.2 Å². The van der Waals surface area contributed by atoms with Gasteiger partial charge in [0, 0.05) is 27.0 Å². The summed E-state index contributed by atoms with van der Waals surface area (Å²) < 4.78 is 26.0. The minimum absolute atomic E-state index is 0.241. The van der Waals surface area contributed by atoms with E-state index in [0.717, 1.165) is 6.07 Å². The van der Waals surface area contributed by atoms with Gasteiger partial charge in [0.2, 0.25) is 5.56 Å². The van der Waals surface area contributed by atoms with Crippen LogP contribution in [0.4, 0.5) is 8.78 Å². The van der Waals surface area contributed by atoms with E-state index in [0.29, 0.717) is 15.4 Å². The standard InChI is InChI=1S/C10H6BrF2NO/c11-5-1-2-8-6(3-5)7(10(12)13)4-9(15)14-8/h1-4,10H,(H,14,15). The lowest BCUT2D eigenvalue weighted by Gasteiger charge is -2.05. The average Bonchev–Trinajstić information content (AvgIpc) is 2.17. The number of H-pyrrole nitrogens is 1. The third kappa shape index (κ3) is 1.92. The van der Waals surface area contributed by atoms with E-state index in [1.807, 2.05) is 0 Å². The van der Waals surface area contributed by atoms with Crippen molar-refractivity contribution in [1.29, 1.82) is 0 Å². The van der Waals surface area contributed by atoms with E-state index >= 15 is 0 Å². The second-order valence-corrected chi connectivity index (χ2v) is 4.00. The highest BCUT2D eigenvalue weighted by atomic mass is 79.9. The molecule has 0 radical (unpaired) electrons. The van der Waals surface area contributed by atoms with Gasteiger partial charge in [-0.05, 0) is 18.2 Å². The largest absolute Gasteiger partial charge is 0.322 e. The molecular formula is C10H6BrF2NO. The van der Waals surface area contributed by atoms with Gasteiger partial charge in [0.1, 0.15) is 0 Å². The summed E-state index contributed by atoms with van der Waals surface area (Å²) in [5, 5.41) is 0.360. The first-order chi connectivity index (χ1) is 7.08. The van der Waals surface area contributed by atoms with Crippen molar-refractivity contribution in [3.63, 3.8) is 0 Å². The molecule has 2 nitrogen and oxygen atoms in total. The summed E-state index contributed by atoms with van der Waals surface area (Å²) in [6.07, 6.45) is -2.65. The molecule has 0 unspecified atom stereocenters. The summed E-state index contributed by atoms with van der Waals surface area (Å²) in [6.45, 7) is 0. The molecule has 78 valence electrons. The quantitative estimate of drug-likeness (QED) is 0.850. The van der Waals surface area contributed by atoms with E-state index in [9.17, 15) is 13.6 Å². The second kappa shape index (κ2) is 3.73. The molecule has 1 aromatic carbocycles. The normalized spacial score (nSPS) is 11.2. The van der Waals surface area contributed by atoms with E-state index in [2.05, 4.69) is 20.9 Å². The van der Waals surface area contributed by atoms with Crippen LogP contribution in [0.15, 0.2) is 33.5 Å². The Hall–Kier alpha value is -1.23. The van der Waals surface area contributed by atoms with Gasteiger partial charge in [-0.15, -0.1) is 0 Å². The fourth-order valence-corrected chi connectivity index (χ4v) is 1.79. The highest BCUT2D eigenvalue weighted by Gasteiger charge is 2.12. The van der Waals surface area contributed by atoms with E-state index in [1.165, 1.54) is 0 Å². The van der Waals surface area contributed by atoms with Crippen LogP contribution in [0.1, 0.15) is 12.0 Å². The van der Waals surface area contributed by atoms with Gasteiger partial charge in [0.15, 0.2) is 0 Å². The molecule has 0 fully saturated rings. The van der Waals surface area contributed by atoms with Crippen LogP contribution >= 0.6 is 15.9 Å². The Morgan fingerprint density at radius 3 is 2.67 bits per heavy atom. The topological polar surface area (TPSA) is 32.9 Å². The second-order valence-electron chi connectivity index (χ2n) is 3.08. The molecule has 0 saturated carbocycles. The van der Waals surface area contributed by atoms with E-state index in [-0.39, 0.29) is 5.56 Å². The van der Waals surface area contributed by atoms with Crippen molar-refractivity contribution in [2.24, 2.45) is 0 Å². The molecule has 1 N–H and O–H groups in total. The van der Waals surface area contributed by atoms with E-state index in [4.69, 9.17) is 0 Å². The van der Waals surface area contributed by atoms with Crippen molar-refractivity contribution >= 4 is 26.8 Å². The molecule has 15 heavy (non-hydrogen) atoms. The lowest BCUT2D eigenvalue weighted by Crippen LogP contribution is -2.06. The molecule has 0 bridgehead atoms. The predicted molar refractivity (Wildman–Crippen MR) is 57.2 cm³/mol. The molecule has 0 aliphatic carbocycles. The van der Waals surface area contributed by atoms with Crippen LogP contribution in [0.3, 0.4) is 0 Å². The lowest BCUT2D eigenvalue weighted by atomic mass is 10.1. The molecule has 0 aliphatic heterocycles. The molecule has 5 heteroatoms. The zero-order valence-electron chi connectivity index (χ0n) is 7.43. The first kappa shape index (κ1) is 10.3. The summed E-state index contributed by atoms with van der Waals surface area (Å²) in [6, 6.07) is 5.77. The van der Waals surface area contributed by atoms with Crippen LogP contribution in [0.2, 0.25) is 0 Å². The number of aromatic amines is 1. The number of hydrogen-bond donors (Lipinski definition) is 1. The third-order valence-electron chi connectivity index (χ3n) is 2.07. The van der Waals surface area contributed by atoms with Gasteiger partial charge < -0.3 is 4.98 Å². The van der Waals surface area contributed by atoms with Gasteiger partial charge >= 0.3 is 0 Å². The Morgan fingerprint density at radius 1 is 1.27 bits per heavy atom. The summed E-state index contributed by atoms with van der Waals surface area (Å²) in [5.41, 5.74) is -0.337. The number of nitrogens with one attached hydrogen (secondary N) is 1. The molecule has 0 aliphatic rings. The minimum Gasteiger partial charge on any atom is -0.322 e. The molecule has 1 heterocycles. The van der Waals surface area contributed by atoms with Crippen LogP contribution in [-0.4, -0.2) is 4.98 Å². The van der Waals surface area contributed by atoms with Crippen LogP contribution in [0.25, 0.3) is 10.9 Å². The van der Waals surface area contributed by atoms with Gasteiger partial charge in [-0.3, -0.25) is 4.79 Å². The van der Waals surface area contributed by atoms with Gasteiger partial charge in [0.05, 0.1) is 0 Å². The number of rotatable bonds is 1. The maximum atomic E-state index is 12.6. The minimum atomic E-state index is -2.65. The number of benzene rings is 1. The van der Waals surface area contributed by atoms with Crippen molar-refractivity contribution in [1.82, 2.24) is 4.98 Å². The first-order valence-corrected chi connectivity index (χ1v) is 4.98. The van der Waals surface area contributed by atoms with Gasteiger partial charge in [-0.1, -0.05) is 15.9 Å². The SMILES string of the molecule is O=c1cc(C(F)F)c2cc(Br)ccc2[nH]1. The Bertz CT molecular complexity index is 565. The van der Waals surface area contributed by atoms with Crippen LogP contribution in [0, 0.1) is 0 Å². The molecular weight excluding hydrogens is 268 g/mol. The fraction of sp³-hybridized carbons (Fsp3) is 0.100. The van der Waals surface area contributed by atoms with Gasteiger partial charge in [-0.2, -0.15) is 0 Å². The Kier molecular flexibility index (Phi) is 2.56. The molecule has 0 saturated heterocycles. The molecule has 1 aromatic heterocycles. The third-order valence-corrected chi connectivity index (χ3v) is 2.57. The smallest absolute Gasteiger partial charge is 0.264 e. The van der Waals surface area contributed by atoms with Crippen LogP contribution in [-0.2, 0) is 0 Å². The average molecular weight is 274 g/mol. The van der Waals surface area contributed by atoms with Crippen molar-refractivity contribution in [2.45, 2.75) is 6.43 Å². The highest BCUT2D eigenvalue weighted by Crippen LogP contribution is 2.27. The van der Waals surface area contributed by atoms with Gasteiger partial charge in [-0.25, -0.2) is 8.78 Å². The summed E-state index contributed by atoms with van der Waals surface area (Å²) in [5.74, 6) is 0. The predicted octanol–water partition coefficient (Wildman–Crippen LogP) is 3.23. The monoisotopic (exact) mass is 273 g/mol. The van der Waals surface area contributed by atoms with Crippen molar-refractivity contribution in [3.05, 3.63) is 44.7 Å². The van der Waals surface area contributed by atoms with Crippen molar-refractivity contribution in [2.75, 3.05) is 0 Å². The van der Waals surface area contributed by atoms with Crippen LogP contribution in [0.5, 0.6) is 0 Å².